The number of anilines is 1. The number of hydrogen-bond donors (Lipinski definition) is 0. The van der Waals surface area contributed by atoms with Crippen LogP contribution < -0.4 is 4.90 Å². The highest BCUT2D eigenvalue weighted by atomic mass is 79.9. The maximum Gasteiger partial charge on any atom is 0.235 e. The Balaban J connectivity index is 1.97. The molecule has 1 amide bonds. The second kappa shape index (κ2) is 3.83. The summed E-state index contributed by atoms with van der Waals surface area (Å²) < 4.78 is -0.221. The van der Waals surface area contributed by atoms with Crippen LogP contribution in [0.15, 0.2) is 24.3 Å². The lowest BCUT2D eigenvalue weighted by atomic mass is 10.1. The lowest BCUT2D eigenvalue weighted by Crippen LogP contribution is -2.41. The quantitative estimate of drug-likeness (QED) is 0.685. The smallest absolute Gasteiger partial charge is 0.235 e. The van der Waals surface area contributed by atoms with Gasteiger partial charge in [0.2, 0.25) is 5.91 Å². The first-order chi connectivity index (χ1) is 8.37. The van der Waals surface area contributed by atoms with Crippen LogP contribution in [0.3, 0.4) is 0 Å². The maximum absolute atomic E-state index is 12.8. The molecule has 0 saturated heterocycles. The number of hydrogen-bond acceptors (Lipinski definition) is 1. The van der Waals surface area contributed by atoms with E-state index in [1.165, 1.54) is 5.56 Å². The molecule has 2 aliphatic rings. The van der Waals surface area contributed by atoms with Crippen molar-refractivity contribution in [2.45, 2.75) is 36.0 Å². The van der Waals surface area contributed by atoms with Gasteiger partial charge in [0.1, 0.15) is 0 Å². The van der Waals surface area contributed by atoms with Gasteiger partial charge < -0.3 is 4.90 Å². The van der Waals surface area contributed by atoms with Gasteiger partial charge in [-0.1, -0.05) is 50.1 Å². The molecule has 1 aromatic rings. The number of nitrogens with zero attached hydrogens (tertiary/aromatic N) is 1. The lowest BCUT2D eigenvalue weighted by molar-refractivity contribution is -0.123. The van der Waals surface area contributed by atoms with Gasteiger partial charge in [-0.25, -0.2) is 0 Å². The molecule has 1 fully saturated rings. The number of halogens is 2. The second-order valence-electron chi connectivity index (χ2n) is 5.57. The van der Waals surface area contributed by atoms with Crippen LogP contribution in [0, 0.1) is 5.41 Å². The van der Waals surface area contributed by atoms with Crippen LogP contribution in [0.25, 0.3) is 0 Å². The second-order valence-corrected chi connectivity index (χ2v) is 9.34. The zero-order valence-corrected chi connectivity index (χ0v) is 13.6. The summed E-state index contributed by atoms with van der Waals surface area (Å²) in [4.78, 5) is 14.8. The number of para-hydroxylation sites is 1. The molecule has 4 heteroatoms. The molecular weight excluding hydrogens is 358 g/mol. The Labute approximate surface area is 124 Å². The van der Waals surface area contributed by atoms with Crippen molar-refractivity contribution in [1.29, 1.82) is 0 Å². The number of carbonyl (C=O) groups excluding carboxylic acids is 1. The first-order valence-electron chi connectivity index (χ1n) is 6.16. The Morgan fingerprint density at radius 1 is 1.39 bits per heavy atom. The third-order valence-electron chi connectivity index (χ3n) is 4.16. The molecule has 18 heavy (non-hydrogen) atoms. The minimum atomic E-state index is -0.335. The van der Waals surface area contributed by atoms with Crippen molar-refractivity contribution in [3.8, 4) is 0 Å². The van der Waals surface area contributed by atoms with Crippen LogP contribution >= 0.6 is 31.9 Å². The van der Waals surface area contributed by atoms with Crippen molar-refractivity contribution in [2.75, 3.05) is 4.90 Å². The first kappa shape index (κ1) is 12.7. The number of fused-ring (bicyclic) bond motifs is 1. The number of carbonyl (C=O) groups is 1. The fraction of sp³-hybridized carbons (Fsp3) is 0.500. The molecule has 0 unspecified atom stereocenters. The number of benzene rings is 1. The molecule has 2 nitrogen and oxygen atoms in total. The molecule has 96 valence electrons. The van der Waals surface area contributed by atoms with Crippen molar-refractivity contribution in [3.05, 3.63) is 29.8 Å². The van der Waals surface area contributed by atoms with Crippen molar-refractivity contribution in [1.82, 2.24) is 0 Å². The van der Waals surface area contributed by atoms with E-state index in [9.17, 15) is 4.79 Å². The standard InChI is InChI=1S/C14H15Br2NO/c1-9-7-10-5-3-4-6-11(10)17(9)12(18)13(2)8-14(13,15)16/h3-6,9H,7-8H2,1-2H3/t9-,13-/m0/s1. The van der Waals surface area contributed by atoms with Crippen molar-refractivity contribution >= 4 is 43.5 Å². The molecule has 0 aromatic heterocycles. The summed E-state index contributed by atoms with van der Waals surface area (Å²) in [5, 5.41) is 0. The number of rotatable bonds is 1. The van der Waals surface area contributed by atoms with Gasteiger partial charge in [0.25, 0.3) is 0 Å². The summed E-state index contributed by atoms with van der Waals surface area (Å²) in [6.45, 7) is 4.14. The minimum Gasteiger partial charge on any atom is -0.308 e. The van der Waals surface area contributed by atoms with Crippen molar-refractivity contribution in [2.24, 2.45) is 5.41 Å². The van der Waals surface area contributed by atoms with Crippen LogP contribution in [-0.2, 0) is 11.2 Å². The zero-order valence-electron chi connectivity index (χ0n) is 10.4. The predicted molar refractivity (Wildman–Crippen MR) is 80.4 cm³/mol. The maximum atomic E-state index is 12.8. The monoisotopic (exact) mass is 371 g/mol. The van der Waals surface area contributed by atoms with Gasteiger partial charge in [-0.05, 0) is 38.3 Å². The van der Waals surface area contributed by atoms with Crippen LogP contribution in [0.1, 0.15) is 25.8 Å². The first-order valence-corrected chi connectivity index (χ1v) is 7.75. The zero-order chi connectivity index (χ0) is 13.1. The van der Waals surface area contributed by atoms with Gasteiger partial charge in [-0.2, -0.15) is 0 Å². The summed E-state index contributed by atoms with van der Waals surface area (Å²) in [6.07, 6.45) is 1.79. The highest BCUT2D eigenvalue weighted by Gasteiger charge is 2.68. The van der Waals surface area contributed by atoms with Crippen molar-refractivity contribution < 1.29 is 4.79 Å². The SMILES string of the molecule is C[C@H]1Cc2ccccc2N1C(=O)[C@]1(C)CC1(Br)Br. The molecule has 0 spiro atoms. The molecule has 1 aliphatic carbocycles. The van der Waals surface area contributed by atoms with E-state index in [-0.39, 0.29) is 20.6 Å². The summed E-state index contributed by atoms with van der Waals surface area (Å²) in [7, 11) is 0. The highest BCUT2D eigenvalue weighted by molar-refractivity contribution is 9.25. The molecule has 1 aliphatic heterocycles. The summed E-state index contributed by atoms with van der Waals surface area (Å²) in [5.74, 6) is 0.216. The Morgan fingerprint density at radius 2 is 2.00 bits per heavy atom. The minimum absolute atomic E-state index is 0.216. The molecular formula is C14H15Br2NO. The van der Waals surface area contributed by atoms with Crippen molar-refractivity contribution in [3.63, 3.8) is 0 Å². The molecule has 1 saturated carbocycles. The van der Waals surface area contributed by atoms with E-state index in [0.717, 1.165) is 18.5 Å². The van der Waals surface area contributed by atoms with Crippen LogP contribution in [0.4, 0.5) is 5.69 Å². The number of alkyl halides is 2. The Hall–Kier alpha value is -0.350. The molecule has 0 bridgehead atoms. The van der Waals surface area contributed by atoms with E-state index in [2.05, 4.69) is 44.8 Å². The predicted octanol–water partition coefficient (Wildman–Crippen LogP) is 3.86. The Kier molecular flexibility index (Phi) is 2.69. The van der Waals surface area contributed by atoms with E-state index < -0.39 is 0 Å². The fourth-order valence-corrected chi connectivity index (χ4v) is 4.23. The number of amides is 1. The lowest BCUT2D eigenvalue weighted by Gasteiger charge is -2.27. The molecule has 3 rings (SSSR count). The third-order valence-corrected chi connectivity index (χ3v) is 6.47. The summed E-state index contributed by atoms with van der Waals surface area (Å²) in [6, 6.07) is 8.46. The van der Waals surface area contributed by atoms with E-state index in [1.54, 1.807) is 0 Å². The third kappa shape index (κ3) is 1.61. The van der Waals surface area contributed by atoms with E-state index in [4.69, 9.17) is 0 Å². The van der Waals surface area contributed by atoms with Gasteiger partial charge in [-0.15, -0.1) is 0 Å². The molecule has 2 atom stereocenters. The van der Waals surface area contributed by atoms with Gasteiger partial charge in [0.05, 0.1) is 8.65 Å². The van der Waals surface area contributed by atoms with Gasteiger partial charge in [-0.3, -0.25) is 4.79 Å². The van der Waals surface area contributed by atoms with Crippen LogP contribution in [0.2, 0.25) is 0 Å². The average molecular weight is 373 g/mol. The fourth-order valence-electron chi connectivity index (χ4n) is 2.77. The van der Waals surface area contributed by atoms with Gasteiger partial charge in [0, 0.05) is 11.7 Å². The summed E-state index contributed by atoms with van der Waals surface area (Å²) >= 11 is 7.17. The van der Waals surface area contributed by atoms with Gasteiger partial charge in [0.15, 0.2) is 0 Å². The topological polar surface area (TPSA) is 20.3 Å². The molecule has 1 heterocycles. The van der Waals surface area contributed by atoms with E-state index >= 15 is 0 Å². The van der Waals surface area contributed by atoms with Gasteiger partial charge >= 0.3 is 0 Å². The van der Waals surface area contributed by atoms with Crippen LogP contribution in [-0.4, -0.2) is 15.2 Å². The van der Waals surface area contributed by atoms with E-state index in [0.29, 0.717) is 0 Å². The van der Waals surface area contributed by atoms with Crippen LogP contribution in [0.5, 0.6) is 0 Å². The summed E-state index contributed by atoms with van der Waals surface area (Å²) in [5.41, 5.74) is 2.02. The molecule has 1 aromatic carbocycles. The highest BCUT2D eigenvalue weighted by Crippen LogP contribution is 2.67. The molecule has 0 N–H and O–H groups in total. The normalized spacial score (nSPS) is 32.2. The Morgan fingerprint density at radius 3 is 2.61 bits per heavy atom. The largest absolute Gasteiger partial charge is 0.308 e. The molecule has 0 radical (unpaired) electrons. The average Bonchev–Trinajstić information content (AvgIpc) is 2.67. The Bertz CT molecular complexity index is 528. The van der Waals surface area contributed by atoms with E-state index in [1.807, 2.05) is 30.0 Å².